The largest absolute Gasteiger partial charge is 0.469 e. The molecule has 1 aromatic carbocycles. The third kappa shape index (κ3) is 1.19. The van der Waals surface area contributed by atoms with Crippen molar-refractivity contribution >= 4 is 11.7 Å². The van der Waals surface area contributed by atoms with E-state index in [2.05, 4.69) is 54.1 Å². The van der Waals surface area contributed by atoms with Crippen molar-refractivity contribution in [3.8, 4) is 0 Å². The lowest BCUT2D eigenvalue weighted by Crippen LogP contribution is -2.88. The number of methoxy groups -OCH3 is 1. The molecule has 5 aliphatic rings. The Hall–Kier alpha value is -1.81. The molecular formula is C21H25N2O2+. The maximum absolute atomic E-state index is 12.9. The molecule has 0 radical (unpaired) electrons. The number of nitrogens with one attached hydrogen (secondary N) is 1. The summed E-state index contributed by atoms with van der Waals surface area (Å²) in [6, 6.07) is 9.43. The topological polar surface area (TPSA) is 54.9 Å². The minimum absolute atomic E-state index is 0.0340. The Morgan fingerprint density at radius 3 is 3.04 bits per heavy atom. The van der Waals surface area contributed by atoms with Crippen molar-refractivity contribution in [1.82, 2.24) is 0 Å². The van der Waals surface area contributed by atoms with E-state index in [0.717, 1.165) is 6.42 Å². The summed E-state index contributed by atoms with van der Waals surface area (Å²) in [6.45, 7) is 2.38. The summed E-state index contributed by atoms with van der Waals surface area (Å²) in [6.07, 6.45) is 8.06. The van der Waals surface area contributed by atoms with E-state index in [1.807, 2.05) is 0 Å². The molecule has 2 heterocycles. The van der Waals surface area contributed by atoms with Crippen LogP contribution in [0.4, 0.5) is 5.69 Å². The number of ether oxygens (including phenoxy) is 1. The van der Waals surface area contributed by atoms with E-state index >= 15 is 0 Å². The van der Waals surface area contributed by atoms with E-state index in [-0.39, 0.29) is 28.3 Å². The van der Waals surface area contributed by atoms with Crippen LogP contribution in [-0.4, -0.2) is 24.7 Å². The molecule has 130 valence electrons. The van der Waals surface area contributed by atoms with Crippen LogP contribution in [0.25, 0.3) is 0 Å². The summed E-state index contributed by atoms with van der Waals surface area (Å²) < 4.78 is 5.31. The van der Waals surface area contributed by atoms with Gasteiger partial charge in [0.2, 0.25) is 0 Å². The number of carbonyl (C=O) groups is 1. The van der Waals surface area contributed by atoms with Crippen LogP contribution in [-0.2, 0) is 14.9 Å². The van der Waals surface area contributed by atoms with Crippen LogP contribution in [0.1, 0.15) is 31.7 Å². The van der Waals surface area contributed by atoms with Gasteiger partial charge in [0.25, 0.3) is 0 Å². The van der Waals surface area contributed by atoms with Gasteiger partial charge in [-0.2, -0.15) is 0 Å². The molecule has 3 saturated carbocycles. The molecule has 0 aromatic heterocycles. The molecule has 3 N–H and O–H groups in total. The molecule has 2 aliphatic heterocycles. The summed E-state index contributed by atoms with van der Waals surface area (Å²) in [7, 11) is 1.54. The van der Waals surface area contributed by atoms with E-state index in [1.165, 1.54) is 24.1 Å². The number of allylic oxidation sites excluding steroid dienone is 1. The standard InChI is InChI=1S/C21H24N2O2/c1-12-19-9-10-22-16-7-8-20(17(16)19)13-5-3-4-6-15(13)23-21(12,20)14(11-19)18(24)25-2/h3-6,9-10,12,14,16-17,22-23H,7-8,11H2,1-2H3/p+1/t12-,14+,16-,17+,19+,20-,21-/m0/s1. The lowest BCUT2D eigenvalue weighted by atomic mass is 9.55. The van der Waals surface area contributed by atoms with Crippen molar-refractivity contribution in [3.63, 3.8) is 0 Å². The van der Waals surface area contributed by atoms with Gasteiger partial charge in [-0.05, 0) is 36.5 Å². The number of carbonyl (C=O) groups excluding carboxylic acids is 1. The Morgan fingerprint density at radius 1 is 1.36 bits per heavy atom. The summed E-state index contributed by atoms with van der Waals surface area (Å²) in [5.74, 6) is 0.928. The van der Waals surface area contributed by atoms with Gasteiger partial charge in [-0.1, -0.05) is 25.1 Å². The minimum atomic E-state index is -0.203. The Labute approximate surface area is 148 Å². The number of benzene rings is 1. The highest BCUT2D eigenvalue weighted by atomic mass is 16.5. The second kappa shape index (κ2) is 4.12. The van der Waals surface area contributed by atoms with E-state index in [0.29, 0.717) is 17.9 Å². The van der Waals surface area contributed by atoms with Gasteiger partial charge in [-0.25, -0.2) is 0 Å². The van der Waals surface area contributed by atoms with E-state index in [1.54, 1.807) is 7.11 Å². The molecule has 6 rings (SSSR count). The summed E-state index contributed by atoms with van der Waals surface area (Å²) >= 11 is 0. The SMILES string of the molecule is COC(=O)[C@H]1C[C@]23C=C[NH2+][C@H]4CC[C@]5(c6ccccc6N[C@@]15[C@H]2C)[C@H]43. The smallest absolute Gasteiger partial charge is 0.311 e. The third-order valence-electron chi connectivity index (χ3n) is 8.74. The molecule has 0 amide bonds. The lowest BCUT2D eigenvalue weighted by molar-refractivity contribution is -0.640. The van der Waals surface area contributed by atoms with Gasteiger partial charge >= 0.3 is 5.97 Å². The first kappa shape index (κ1) is 14.4. The van der Waals surface area contributed by atoms with Crippen molar-refractivity contribution in [2.24, 2.45) is 23.2 Å². The van der Waals surface area contributed by atoms with Gasteiger partial charge < -0.3 is 15.4 Å². The fourth-order valence-corrected chi connectivity index (χ4v) is 8.26. The van der Waals surface area contributed by atoms with Crippen LogP contribution in [0, 0.1) is 23.2 Å². The second-order valence-corrected chi connectivity index (χ2v) is 8.86. The summed E-state index contributed by atoms with van der Waals surface area (Å²) in [5, 5.41) is 6.37. The Balaban J connectivity index is 1.69. The predicted molar refractivity (Wildman–Crippen MR) is 93.8 cm³/mol. The maximum Gasteiger partial charge on any atom is 0.311 e. The van der Waals surface area contributed by atoms with Gasteiger partial charge in [0.1, 0.15) is 0 Å². The molecule has 3 fully saturated rings. The van der Waals surface area contributed by atoms with Gasteiger partial charge in [0.15, 0.2) is 0 Å². The molecule has 0 unspecified atom stereocenters. The number of quaternary nitrogens is 1. The van der Waals surface area contributed by atoms with Crippen molar-refractivity contribution < 1.29 is 14.8 Å². The Bertz CT molecular complexity index is 835. The molecule has 7 atom stereocenters. The minimum Gasteiger partial charge on any atom is -0.469 e. The first-order chi connectivity index (χ1) is 12.1. The van der Waals surface area contributed by atoms with Crippen LogP contribution >= 0.6 is 0 Å². The van der Waals surface area contributed by atoms with E-state index < -0.39 is 0 Å². The third-order valence-corrected chi connectivity index (χ3v) is 8.74. The maximum atomic E-state index is 12.9. The van der Waals surface area contributed by atoms with Crippen molar-refractivity contribution in [1.29, 1.82) is 0 Å². The number of hydrogen-bond acceptors (Lipinski definition) is 3. The fraction of sp³-hybridized carbons (Fsp3) is 0.571. The van der Waals surface area contributed by atoms with Gasteiger partial charge in [0, 0.05) is 28.9 Å². The molecule has 1 aromatic rings. The van der Waals surface area contributed by atoms with Crippen molar-refractivity contribution in [3.05, 3.63) is 42.1 Å². The molecule has 2 bridgehead atoms. The number of esters is 1. The first-order valence-corrected chi connectivity index (χ1v) is 9.60. The van der Waals surface area contributed by atoms with Crippen molar-refractivity contribution in [2.75, 3.05) is 12.4 Å². The van der Waals surface area contributed by atoms with Gasteiger partial charge in [-0.15, -0.1) is 0 Å². The van der Waals surface area contributed by atoms with Crippen LogP contribution in [0.2, 0.25) is 0 Å². The number of rotatable bonds is 1. The van der Waals surface area contributed by atoms with Gasteiger partial charge in [-0.3, -0.25) is 4.79 Å². The average Bonchev–Trinajstić information content (AvgIpc) is 3.29. The summed E-state index contributed by atoms with van der Waals surface area (Å²) in [4.78, 5) is 12.9. The van der Waals surface area contributed by atoms with Crippen LogP contribution in [0.5, 0.6) is 0 Å². The highest BCUT2D eigenvalue weighted by molar-refractivity contribution is 5.82. The number of para-hydroxylation sites is 1. The number of anilines is 1. The average molecular weight is 337 g/mol. The molecule has 3 aliphatic carbocycles. The predicted octanol–water partition coefficient (Wildman–Crippen LogP) is 1.79. The zero-order chi connectivity index (χ0) is 17.0. The summed E-state index contributed by atoms with van der Waals surface area (Å²) in [5.41, 5.74) is 2.68. The van der Waals surface area contributed by atoms with Crippen LogP contribution in [0.15, 0.2) is 36.5 Å². The molecule has 25 heavy (non-hydrogen) atoms. The van der Waals surface area contributed by atoms with E-state index in [9.17, 15) is 4.79 Å². The monoisotopic (exact) mass is 337 g/mol. The highest BCUT2D eigenvalue weighted by Gasteiger charge is 2.86. The zero-order valence-electron chi connectivity index (χ0n) is 14.8. The van der Waals surface area contributed by atoms with Crippen LogP contribution in [0.3, 0.4) is 0 Å². The Morgan fingerprint density at radius 2 is 2.20 bits per heavy atom. The molecule has 4 nitrogen and oxygen atoms in total. The number of fused-ring (bicyclic) bond motifs is 1. The van der Waals surface area contributed by atoms with Crippen LogP contribution < -0.4 is 10.6 Å². The van der Waals surface area contributed by atoms with E-state index in [4.69, 9.17) is 4.74 Å². The second-order valence-electron chi connectivity index (χ2n) is 8.86. The highest BCUT2D eigenvalue weighted by Crippen LogP contribution is 2.81. The quantitative estimate of drug-likeness (QED) is 0.768. The van der Waals surface area contributed by atoms with Crippen molar-refractivity contribution in [2.45, 2.75) is 43.2 Å². The zero-order valence-corrected chi connectivity index (χ0v) is 14.8. The number of hydrogen-bond donors (Lipinski definition) is 2. The molecule has 4 heteroatoms. The fourth-order valence-electron chi connectivity index (χ4n) is 8.26. The number of nitrogens with two attached hydrogens (primary N) is 1. The molecule has 0 saturated heterocycles. The molecule has 3 spiro atoms. The molecular weight excluding hydrogens is 312 g/mol. The Kier molecular flexibility index (Phi) is 2.37. The first-order valence-electron chi connectivity index (χ1n) is 9.60. The van der Waals surface area contributed by atoms with Gasteiger partial charge in [0.05, 0.1) is 30.8 Å². The lowest BCUT2D eigenvalue weighted by Gasteiger charge is -2.49. The normalized spacial score (nSPS) is 50.2.